The molecule has 16 heavy (non-hydrogen) atoms. The lowest BCUT2D eigenvalue weighted by Crippen LogP contribution is -2.52. The van der Waals surface area contributed by atoms with Crippen LogP contribution in [0.25, 0.3) is 0 Å². The van der Waals surface area contributed by atoms with E-state index in [1.165, 1.54) is 0 Å². The molecular formula is C12H21NO3. The molecule has 2 aliphatic heterocycles. The van der Waals surface area contributed by atoms with Crippen molar-refractivity contribution in [3.8, 4) is 0 Å². The summed E-state index contributed by atoms with van der Waals surface area (Å²) in [6, 6.07) is 0.397. The third kappa shape index (κ3) is 2.44. The predicted molar refractivity (Wildman–Crippen MR) is 60.4 cm³/mol. The Morgan fingerprint density at radius 2 is 2.31 bits per heavy atom. The number of carbonyl (C=O) groups is 1. The first-order valence-electron chi connectivity index (χ1n) is 6.05. The minimum atomic E-state index is -0.272. The van der Waals surface area contributed by atoms with Crippen LogP contribution in [0.4, 0.5) is 0 Å². The molecule has 2 saturated heterocycles. The molecule has 2 aliphatic rings. The van der Waals surface area contributed by atoms with Crippen molar-refractivity contribution in [1.82, 2.24) is 4.90 Å². The highest BCUT2D eigenvalue weighted by molar-refractivity contribution is 5.60. The van der Waals surface area contributed by atoms with Crippen molar-refractivity contribution in [2.45, 2.75) is 32.4 Å². The number of hydrogen-bond donors (Lipinski definition) is 0. The Morgan fingerprint density at radius 1 is 1.50 bits per heavy atom. The van der Waals surface area contributed by atoms with Gasteiger partial charge in [-0.1, -0.05) is 0 Å². The molecule has 0 aliphatic carbocycles. The second-order valence-electron chi connectivity index (χ2n) is 5.21. The Labute approximate surface area is 96.9 Å². The van der Waals surface area contributed by atoms with Crippen LogP contribution in [0.1, 0.15) is 20.3 Å². The van der Waals surface area contributed by atoms with Crippen LogP contribution < -0.4 is 0 Å². The molecule has 4 nitrogen and oxygen atoms in total. The summed E-state index contributed by atoms with van der Waals surface area (Å²) >= 11 is 0. The lowest BCUT2D eigenvalue weighted by Gasteiger charge is -2.40. The molecule has 2 rings (SSSR count). The highest BCUT2D eigenvalue weighted by Crippen LogP contribution is 2.29. The topological polar surface area (TPSA) is 38.8 Å². The average molecular weight is 227 g/mol. The number of nitrogens with zero attached hydrogens (tertiary/aromatic N) is 1. The molecule has 0 aromatic carbocycles. The van der Waals surface area contributed by atoms with Gasteiger partial charge in [-0.15, -0.1) is 0 Å². The summed E-state index contributed by atoms with van der Waals surface area (Å²) in [6.45, 7) is 8.01. The van der Waals surface area contributed by atoms with E-state index in [0.29, 0.717) is 19.3 Å². The van der Waals surface area contributed by atoms with Gasteiger partial charge in [0.25, 0.3) is 0 Å². The van der Waals surface area contributed by atoms with Crippen LogP contribution in [0.15, 0.2) is 0 Å². The van der Waals surface area contributed by atoms with E-state index in [9.17, 15) is 4.79 Å². The van der Waals surface area contributed by atoms with Crippen LogP contribution in [-0.2, 0) is 14.3 Å². The molecule has 4 heteroatoms. The minimum absolute atomic E-state index is 0.266. The minimum Gasteiger partial charge on any atom is -0.380 e. The van der Waals surface area contributed by atoms with Crippen molar-refractivity contribution >= 4 is 6.29 Å². The summed E-state index contributed by atoms with van der Waals surface area (Å²) in [5.41, 5.74) is -0.272. The normalized spacial score (nSPS) is 41.1. The Bertz CT molecular complexity index is 251. The zero-order valence-corrected chi connectivity index (χ0v) is 10.1. The van der Waals surface area contributed by atoms with Gasteiger partial charge in [-0.3, -0.25) is 4.90 Å². The standard InChI is InChI=1S/C12H21NO3/c1-10-6-16-11(2)5-13(10)7-12(8-14)3-4-15-9-12/h8,10-11H,3-7,9H2,1-2H3. The van der Waals surface area contributed by atoms with E-state index in [0.717, 1.165) is 32.4 Å². The molecule has 0 radical (unpaired) electrons. The maximum absolute atomic E-state index is 11.3. The molecular weight excluding hydrogens is 206 g/mol. The predicted octanol–water partition coefficient (Wildman–Crippen LogP) is 0.701. The van der Waals surface area contributed by atoms with Crippen LogP contribution in [0.5, 0.6) is 0 Å². The average Bonchev–Trinajstić information content (AvgIpc) is 2.73. The number of rotatable bonds is 3. The largest absolute Gasteiger partial charge is 0.380 e. The molecule has 3 atom stereocenters. The lowest BCUT2D eigenvalue weighted by atomic mass is 9.88. The first kappa shape index (κ1) is 12.0. The van der Waals surface area contributed by atoms with Crippen molar-refractivity contribution < 1.29 is 14.3 Å². The molecule has 3 unspecified atom stereocenters. The molecule has 0 bridgehead atoms. The summed E-state index contributed by atoms with van der Waals surface area (Å²) in [5, 5.41) is 0. The molecule has 2 fully saturated rings. The molecule has 0 aromatic rings. The molecule has 92 valence electrons. The highest BCUT2D eigenvalue weighted by Gasteiger charge is 2.38. The molecule has 2 heterocycles. The van der Waals surface area contributed by atoms with Crippen molar-refractivity contribution in [1.29, 1.82) is 0 Å². The monoisotopic (exact) mass is 227 g/mol. The summed E-state index contributed by atoms with van der Waals surface area (Å²) in [6.07, 6.45) is 2.21. The fraction of sp³-hybridized carbons (Fsp3) is 0.917. The summed E-state index contributed by atoms with van der Waals surface area (Å²) in [5.74, 6) is 0. The maximum Gasteiger partial charge on any atom is 0.129 e. The Balaban J connectivity index is 1.98. The van der Waals surface area contributed by atoms with Gasteiger partial charge in [0.05, 0.1) is 24.7 Å². The molecule has 0 amide bonds. The van der Waals surface area contributed by atoms with Gasteiger partial charge >= 0.3 is 0 Å². The second-order valence-corrected chi connectivity index (χ2v) is 5.21. The summed E-state index contributed by atoms with van der Waals surface area (Å²) < 4.78 is 11.0. The van der Waals surface area contributed by atoms with Gasteiger partial charge in [0, 0.05) is 25.7 Å². The maximum atomic E-state index is 11.3. The fourth-order valence-corrected chi connectivity index (χ4v) is 2.47. The van der Waals surface area contributed by atoms with Gasteiger partial charge in [-0.2, -0.15) is 0 Å². The lowest BCUT2D eigenvalue weighted by molar-refractivity contribution is -0.120. The number of hydrogen-bond acceptors (Lipinski definition) is 4. The summed E-state index contributed by atoms with van der Waals surface area (Å²) in [7, 11) is 0. The number of carbonyl (C=O) groups excluding carboxylic acids is 1. The van der Waals surface area contributed by atoms with E-state index in [4.69, 9.17) is 9.47 Å². The smallest absolute Gasteiger partial charge is 0.129 e. The van der Waals surface area contributed by atoms with Gasteiger partial charge in [0.15, 0.2) is 0 Å². The molecule has 0 aromatic heterocycles. The van der Waals surface area contributed by atoms with Gasteiger partial charge in [0.2, 0.25) is 0 Å². The van der Waals surface area contributed by atoms with E-state index in [1.807, 2.05) is 0 Å². The molecule has 0 saturated carbocycles. The third-order valence-corrected chi connectivity index (χ3v) is 3.64. The van der Waals surface area contributed by atoms with Crippen LogP contribution in [0.2, 0.25) is 0 Å². The van der Waals surface area contributed by atoms with Crippen molar-refractivity contribution in [2.75, 3.05) is 32.9 Å². The summed E-state index contributed by atoms with van der Waals surface area (Å²) in [4.78, 5) is 13.6. The Kier molecular flexibility index (Phi) is 3.62. The van der Waals surface area contributed by atoms with E-state index in [1.54, 1.807) is 0 Å². The Morgan fingerprint density at radius 3 is 2.94 bits per heavy atom. The zero-order valence-electron chi connectivity index (χ0n) is 10.1. The molecule has 0 spiro atoms. The molecule has 0 N–H and O–H groups in total. The van der Waals surface area contributed by atoms with Gasteiger partial charge in [0.1, 0.15) is 6.29 Å². The van der Waals surface area contributed by atoms with Crippen molar-refractivity contribution in [3.05, 3.63) is 0 Å². The quantitative estimate of drug-likeness (QED) is 0.665. The highest BCUT2D eigenvalue weighted by atomic mass is 16.5. The zero-order chi connectivity index (χ0) is 11.6. The van der Waals surface area contributed by atoms with Gasteiger partial charge < -0.3 is 14.3 Å². The van der Waals surface area contributed by atoms with Crippen molar-refractivity contribution in [2.24, 2.45) is 5.41 Å². The first-order chi connectivity index (χ1) is 7.65. The van der Waals surface area contributed by atoms with E-state index in [2.05, 4.69) is 18.7 Å². The van der Waals surface area contributed by atoms with E-state index < -0.39 is 0 Å². The van der Waals surface area contributed by atoms with E-state index >= 15 is 0 Å². The number of ether oxygens (including phenoxy) is 2. The number of aldehydes is 1. The Hall–Kier alpha value is -0.450. The van der Waals surface area contributed by atoms with Crippen molar-refractivity contribution in [3.63, 3.8) is 0 Å². The van der Waals surface area contributed by atoms with Gasteiger partial charge in [-0.05, 0) is 20.3 Å². The van der Waals surface area contributed by atoms with E-state index in [-0.39, 0.29) is 11.5 Å². The van der Waals surface area contributed by atoms with Crippen LogP contribution in [0.3, 0.4) is 0 Å². The fourth-order valence-electron chi connectivity index (χ4n) is 2.47. The first-order valence-corrected chi connectivity index (χ1v) is 6.05. The number of morpholine rings is 1. The van der Waals surface area contributed by atoms with Gasteiger partial charge in [-0.25, -0.2) is 0 Å². The SMILES string of the molecule is CC1CN(CC2(C=O)CCOC2)C(C)CO1. The second kappa shape index (κ2) is 4.82. The van der Waals surface area contributed by atoms with Crippen LogP contribution in [-0.4, -0.2) is 56.2 Å². The van der Waals surface area contributed by atoms with Crippen LogP contribution >= 0.6 is 0 Å². The van der Waals surface area contributed by atoms with Crippen LogP contribution in [0, 0.1) is 5.41 Å². The third-order valence-electron chi connectivity index (χ3n) is 3.64.